The first-order valence-electron chi connectivity index (χ1n) is 9.06. The summed E-state index contributed by atoms with van der Waals surface area (Å²) in [5, 5.41) is 3.08. The van der Waals surface area contributed by atoms with E-state index in [-0.39, 0.29) is 6.61 Å². The summed E-state index contributed by atoms with van der Waals surface area (Å²) in [5.74, 6) is -0.157. The van der Waals surface area contributed by atoms with E-state index in [0.29, 0.717) is 34.4 Å². The normalized spacial score (nSPS) is 10.7. The van der Waals surface area contributed by atoms with Gasteiger partial charge >= 0.3 is 5.97 Å². The standard InChI is InChI=1S/C22H24ClNO5/c1-5-28-19-12-16(11-17(23)22(19)27-4)7-9-21(26)29-13-20(25)24-18-8-6-14(2)10-15(18)3/h6-12H,5,13H2,1-4H3,(H,24,25)/b9-7+. The zero-order valence-electron chi connectivity index (χ0n) is 16.9. The third-order valence-electron chi connectivity index (χ3n) is 3.95. The lowest BCUT2D eigenvalue weighted by atomic mass is 10.1. The molecule has 0 bridgehead atoms. The minimum absolute atomic E-state index is 0.360. The van der Waals surface area contributed by atoms with Crippen LogP contribution in [0.15, 0.2) is 36.4 Å². The lowest BCUT2D eigenvalue weighted by Crippen LogP contribution is -2.20. The first kappa shape index (κ1) is 22.3. The van der Waals surface area contributed by atoms with Gasteiger partial charge in [0.15, 0.2) is 18.1 Å². The van der Waals surface area contributed by atoms with Crippen LogP contribution in [0.25, 0.3) is 6.08 Å². The van der Waals surface area contributed by atoms with E-state index in [9.17, 15) is 9.59 Å². The van der Waals surface area contributed by atoms with Crippen LogP contribution in [-0.4, -0.2) is 32.2 Å². The summed E-state index contributed by atoms with van der Waals surface area (Å²) in [6.07, 6.45) is 2.75. The maximum atomic E-state index is 12.0. The summed E-state index contributed by atoms with van der Waals surface area (Å²) in [4.78, 5) is 23.9. The highest BCUT2D eigenvalue weighted by Crippen LogP contribution is 2.36. The molecule has 0 heterocycles. The minimum Gasteiger partial charge on any atom is -0.491 e. The zero-order valence-corrected chi connectivity index (χ0v) is 17.6. The van der Waals surface area contributed by atoms with Crippen LogP contribution in [0.5, 0.6) is 11.5 Å². The van der Waals surface area contributed by atoms with Gasteiger partial charge in [-0.1, -0.05) is 29.3 Å². The van der Waals surface area contributed by atoms with Crippen LogP contribution in [0.2, 0.25) is 5.02 Å². The molecule has 0 unspecified atom stereocenters. The molecule has 0 spiro atoms. The van der Waals surface area contributed by atoms with E-state index >= 15 is 0 Å². The number of benzene rings is 2. The highest BCUT2D eigenvalue weighted by Gasteiger charge is 2.11. The van der Waals surface area contributed by atoms with Crippen molar-refractivity contribution in [3.63, 3.8) is 0 Å². The smallest absolute Gasteiger partial charge is 0.331 e. The van der Waals surface area contributed by atoms with Crippen LogP contribution >= 0.6 is 11.6 Å². The molecular formula is C22H24ClNO5. The Morgan fingerprint density at radius 3 is 2.59 bits per heavy atom. The van der Waals surface area contributed by atoms with E-state index in [4.69, 9.17) is 25.8 Å². The Morgan fingerprint density at radius 2 is 1.93 bits per heavy atom. The second-order valence-electron chi connectivity index (χ2n) is 6.27. The third-order valence-corrected chi connectivity index (χ3v) is 4.23. The molecule has 7 heteroatoms. The molecule has 0 fully saturated rings. The number of esters is 1. The van der Waals surface area contributed by atoms with Crippen molar-refractivity contribution in [2.75, 3.05) is 25.6 Å². The predicted octanol–water partition coefficient (Wildman–Crippen LogP) is 4.56. The van der Waals surface area contributed by atoms with Crippen LogP contribution in [0, 0.1) is 13.8 Å². The number of anilines is 1. The lowest BCUT2D eigenvalue weighted by Gasteiger charge is -2.11. The molecule has 2 aromatic rings. The maximum absolute atomic E-state index is 12.0. The van der Waals surface area contributed by atoms with Gasteiger partial charge in [-0.15, -0.1) is 0 Å². The van der Waals surface area contributed by atoms with Crippen molar-refractivity contribution >= 4 is 35.2 Å². The lowest BCUT2D eigenvalue weighted by molar-refractivity contribution is -0.142. The summed E-state index contributed by atoms with van der Waals surface area (Å²) in [6.45, 7) is 5.77. The molecule has 0 atom stereocenters. The Kier molecular flexibility index (Phi) is 8.09. The molecule has 1 N–H and O–H groups in total. The van der Waals surface area contributed by atoms with Gasteiger partial charge in [0, 0.05) is 11.8 Å². The first-order chi connectivity index (χ1) is 13.8. The van der Waals surface area contributed by atoms with Crippen LogP contribution in [0.1, 0.15) is 23.6 Å². The molecule has 0 aliphatic heterocycles. The maximum Gasteiger partial charge on any atom is 0.331 e. The Balaban J connectivity index is 1.94. The second kappa shape index (κ2) is 10.5. The third kappa shape index (κ3) is 6.54. The Hall–Kier alpha value is -2.99. The largest absolute Gasteiger partial charge is 0.491 e. The van der Waals surface area contributed by atoms with Gasteiger partial charge in [0.05, 0.1) is 18.7 Å². The molecule has 0 aromatic heterocycles. The monoisotopic (exact) mass is 417 g/mol. The molecule has 0 aliphatic rings. The van der Waals surface area contributed by atoms with E-state index in [1.165, 1.54) is 19.3 Å². The van der Waals surface area contributed by atoms with Crippen molar-refractivity contribution in [3.05, 3.63) is 58.1 Å². The summed E-state index contributed by atoms with van der Waals surface area (Å²) in [7, 11) is 1.50. The SMILES string of the molecule is CCOc1cc(/C=C/C(=O)OCC(=O)Nc2ccc(C)cc2C)cc(Cl)c1OC. The zero-order chi connectivity index (χ0) is 21.4. The van der Waals surface area contributed by atoms with Gasteiger partial charge in [0.25, 0.3) is 5.91 Å². The number of methoxy groups -OCH3 is 1. The van der Waals surface area contributed by atoms with E-state index < -0.39 is 11.9 Å². The predicted molar refractivity (Wildman–Crippen MR) is 114 cm³/mol. The minimum atomic E-state index is -0.648. The van der Waals surface area contributed by atoms with Gasteiger partial charge < -0.3 is 19.5 Å². The molecule has 0 aliphatic carbocycles. The van der Waals surface area contributed by atoms with E-state index in [1.54, 1.807) is 12.1 Å². The summed E-state index contributed by atoms with van der Waals surface area (Å²) >= 11 is 6.18. The van der Waals surface area contributed by atoms with E-state index in [2.05, 4.69) is 5.32 Å². The number of carbonyl (C=O) groups excluding carboxylic acids is 2. The van der Waals surface area contributed by atoms with Gasteiger partial charge in [-0.25, -0.2) is 4.79 Å². The highest BCUT2D eigenvalue weighted by atomic mass is 35.5. The molecule has 1 amide bonds. The average molecular weight is 418 g/mol. The topological polar surface area (TPSA) is 73.9 Å². The number of nitrogens with one attached hydrogen (secondary N) is 1. The van der Waals surface area contributed by atoms with E-state index in [1.807, 2.05) is 39.0 Å². The number of hydrogen-bond donors (Lipinski definition) is 1. The summed E-state index contributed by atoms with van der Waals surface area (Å²) in [6, 6.07) is 9.01. The van der Waals surface area contributed by atoms with Gasteiger partial charge in [-0.05, 0) is 56.2 Å². The molecule has 29 heavy (non-hydrogen) atoms. The number of amides is 1. The average Bonchev–Trinajstić information content (AvgIpc) is 2.67. The number of ether oxygens (including phenoxy) is 3. The van der Waals surface area contributed by atoms with Crippen LogP contribution < -0.4 is 14.8 Å². The van der Waals surface area contributed by atoms with Crippen molar-refractivity contribution in [2.45, 2.75) is 20.8 Å². The van der Waals surface area contributed by atoms with Gasteiger partial charge in [0.1, 0.15) is 0 Å². The van der Waals surface area contributed by atoms with Gasteiger partial charge in [0.2, 0.25) is 0 Å². The fourth-order valence-electron chi connectivity index (χ4n) is 2.63. The van der Waals surface area contributed by atoms with E-state index in [0.717, 1.165) is 11.1 Å². The molecule has 0 radical (unpaired) electrons. The Labute approximate surface area is 175 Å². The summed E-state index contributed by atoms with van der Waals surface area (Å²) < 4.78 is 15.7. The molecule has 0 saturated carbocycles. The van der Waals surface area contributed by atoms with Crippen LogP contribution in [0.4, 0.5) is 5.69 Å². The fourth-order valence-corrected chi connectivity index (χ4v) is 2.93. The Morgan fingerprint density at radius 1 is 1.17 bits per heavy atom. The second-order valence-corrected chi connectivity index (χ2v) is 6.68. The molecule has 2 aromatic carbocycles. The number of rotatable bonds is 8. The fraction of sp³-hybridized carbons (Fsp3) is 0.273. The van der Waals surface area contributed by atoms with Crippen molar-refractivity contribution in [2.24, 2.45) is 0 Å². The van der Waals surface area contributed by atoms with Crippen molar-refractivity contribution < 1.29 is 23.8 Å². The molecule has 0 saturated heterocycles. The quantitative estimate of drug-likeness (QED) is 0.503. The van der Waals surface area contributed by atoms with Gasteiger partial charge in [-0.3, -0.25) is 4.79 Å². The molecule has 154 valence electrons. The number of aryl methyl sites for hydroxylation is 2. The molecule has 6 nitrogen and oxygen atoms in total. The first-order valence-corrected chi connectivity index (χ1v) is 9.44. The highest BCUT2D eigenvalue weighted by molar-refractivity contribution is 6.32. The van der Waals surface area contributed by atoms with Crippen molar-refractivity contribution in [3.8, 4) is 11.5 Å². The van der Waals surface area contributed by atoms with Crippen molar-refractivity contribution in [1.82, 2.24) is 0 Å². The van der Waals surface area contributed by atoms with Crippen LogP contribution in [0.3, 0.4) is 0 Å². The number of halogens is 1. The molecular weight excluding hydrogens is 394 g/mol. The summed E-state index contributed by atoms with van der Waals surface area (Å²) in [5.41, 5.74) is 3.36. The number of carbonyl (C=O) groups is 2. The van der Waals surface area contributed by atoms with Crippen LogP contribution in [-0.2, 0) is 14.3 Å². The number of hydrogen-bond acceptors (Lipinski definition) is 5. The molecule has 2 rings (SSSR count). The Bertz CT molecular complexity index is 924. The van der Waals surface area contributed by atoms with Gasteiger partial charge in [-0.2, -0.15) is 0 Å². The van der Waals surface area contributed by atoms with Crippen molar-refractivity contribution in [1.29, 1.82) is 0 Å².